The van der Waals surface area contributed by atoms with Crippen molar-refractivity contribution in [3.05, 3.63) is 67.7 Å². The first-order chi connectivity index (χ1) is 11.5. The molecule has 2 aliphatic heterocycles. The van der Waals surface area contributed by atoms with Crippen LogP contribution in [0.15, 0.2) is 36.4 Å². The third-order valence-corrected chi connectivity index (χ3v) is 5.29. The average molecular weight is 365 g/mol. The van der Waals surface area contributed by atoms with Crippen LogP contribution < -0.4 is 5.32 Å². The summed E-state index contributed by atoms with van der Waals surface area (Å²) < 4.78 is 5.90. The van der Waals surface area contributed by atoms with Gasteiger partial charge in [-0.1, -0.05) is 29.3 Å². The molecule has 0 amide bonds. The molecule has 124 valence electrons. The molecule has 0 aliphatic carbocycles. The molecule has 1 N–H and O–H groups in total. The lowest BCUT2D eigenvalue weighted by atomic mass is 9.81. The number of hydrogen-bond donors (Lipinski definition) is 1. The molecule has 2 aromatic rings. The maximum absolute atomic E-state index is 11.1. The maximum atomic E-state index is 11.1. The summed E-state index contributed by atoms with van der Waals surface area (Å²) in [5, 5.41) is 15.7. The monoisotopic (exact) mass is 364 g/mol. The molecule has 3 atom stereocenters. The van der Waals surface area contributed by atoms with E-state index in [1.165, 1.54) is 6.07 Å². The molecule has 1 fully saturated rings. The van der Waals surface area contributed by atoms with E-state index in [4.69, 9.17) is 27.9 Å². The highest BCUT2D eigenvalue weighted by Crippen LogP contribution is 2.51. The van der Waals surface area contributed by atoms with E-state index in [0.717, 1.165) is 23.2 Å². The minimum Gasteiger partial charge on any atom is -0.377 e. The van der Waals surface area contributed by atoms with Gasteiger partial charge in [-0.05, 0) is 30.2 Å². The van der Waals surface area contributed by atoms with E-state index in [9.17, 15) is 10.1 Å². The number of fused-ring (bicyclic) bond motifs is 3. The van der Waals surface area contributed by atoms with Crippen molar-refractivity contribution >= 4 is 34.6 Å². The zero-order valence-corrected chi connectivity index (χ0v) is 14.1. The summed E-state index contributed by atoms with van der Waals surface area (Å²) in [6.07, 6.45) is 0.696. The predicted octanol–water partition coefficient (Wildman–Crippen LogP) is 5.15. The van der Waals surface area contributed by atoms with Gasteiger partial charge in [-0.3, -0.25) is 10.1 Å². The number of nitrogens with one attached hydrogen (secondary N) is 1. The highest BCUT2D eigenvalue weighted by Gasteiger charge is 2.42. The minimum absolute atomic E-state index is 0.0174. The number of rotatable bonds is 2. The number of halogens is 2. The summed E-state index contributed by atoms with van der Waals surface area (Å²) in [6, 6.07) is 10.3. The van der Waals surface area contributed by atoms with Crippen LogP contribution >= 0.6 is 23.2 Å². The van der Waals surface area contributed by atoms with Gasteiger partial charge in [-0.15, -0.1) is 0 Å². The number of hydrogen-bond acceptors (Lipinski definition) is 4. The first kappa shape index (κ1) is 15.7. The number of ether oxygens (including phenoxy) is 1. The van der Waals surface area contributed by atoms with E-state index >= 15 is 0 Å². The topological polar surface area (TPSA) is 64.4 Å². The number of nitro groups is 1. The zero-order chi connectivity index (χ0) is 16.8. The van der Waals surface area contributed by atoms with Crippen molar-refractivity contribution in [1.29, 1.82) is 0 Å². The Bertz CT molecular complexity index is 827. The van der Waals surface area contributed by atoms with Gasteiger partial charge in [0, 0.05) is 46.0 Å². The first-order valence-electron chi connectivity index (χ1n) is 7.66. The number of nitrogens with zero attached hydrogens (tertiary/aromatic N) is 1. The number of nitro benzene ring substituents is 1. The van der Waals surface area contributed by atoms with E-state index in [0.29, 0.717) is 16.7 Å². The molecule has 0 spiro atoms. The van der Waals surface area contributed by atoms with E-state index < -0.39 is 0 Å². The fraction of sp³-hybridized carbons (Fsp3) is 0.294. The summed E-state index contributed by atoms with van der Waals surface area (Å²) in [4.78, 5) is 10.7. The molecule has 0 aromatic heterocycles. The molecule has 7 heteroatoms. The van der Waals surface area contributed by atoms with E-state index in [1.807, 2.05) is 12.1 Å². The summed E-state index contributed by atoms with van der Waals surface area (Å²) >= 11 is 12.4. The average Bonchev–Trinajstić information content (AvgIpc) is 3.04. The molecule has 2 aliphatic rings. The van der Waals surface area contributed by atoms with Crippen LogP contribution in [0.1, 0.15) is 29.7 Å². The molecule has 5 nitrogen and oxygen atoms in total. The van der Waals surface area contributed by atoms with E-state index in [-0.39, 0.29) is 28.7 Å². The molecule has 4 rings (SSSR count). The van der Waals surface area contributed by atoms with Crippen molar-refractivity contribution in [3.63, 3.8) is 0 Å². The molecule has 1 saturated heterocycles. The second kappa shape index (κ2) is 5.92. The Morgan fingerprint density at radius 1 is 1.17 bits per heavy atom. The normalized spacial score (nSPS) is 24.8. The van der Waals surface area contributed by atoms with Crippen molar-refractivity contribution in [3.8, 4) is 0 Å². The van der Waals surface area contributed by atoms with Gasteiger partial charge in [0.25, 0.3) is 5.69 Å². The van der Waals surface area contributed by atoms with Gasteiger partial charge in [-0.25, -0.2) is 0 Å². The van der Waals surface area contributed by atoms with Gasteiger partial charge in [0.15, 0.2) is 0 Å². The van der Waals surface area contributed by atoms with Crippen LogP contribution in [0.3, 0.4) is 0 Å². The Morgan fingerprint density at radius 2 is 2.00 bits per heavy atom. The molecule has 0 saturated carbocycles. The summed E-state index contributed by atoms with van der Waals surface area (Å²) in [6.45, 7) is 0.626. The molecular weight excluding hydrogens is 351 g/mol. The number of non-ortho nitro benzene ring substituents is 1. The van der Waals surface area contributed by atoms with Gasteiger partial charge in [0.05, 0.1) is 17.1 Å². The van der Waals surface area contributed by atoms with Gasteiger partial charge in [0.2, 0.25) is 0 Å². The Balaban J connectivity index is 1.78. The molecule has 2 heterocycles. The number of benzene rings is 2. The van der Waals surface area contributed by atoms with Crippen LogP contribution in [0, 0.1) is 16.0 Å². The highest BCUT2D eigenvalue weighted by atomic mass is 35.5. The van der Waals surface area contributed by atoms with Crippen LogP contribution in [0.4, 0.5) is 11.4 Å². The quantitative estimate of drug-likeness (QED) is 0.591. The first-order valence-corrected chi connectivity index (χ1v) is 8.41. The minimum atomic E-state index is -0.383. The van der Waals surface area contributed by atoms with Gasteiger partial charge in [0.1, 0.15) is 0 Å². The zero-order valence-electron chi connectivity index (χ0n) is 12.5. The van der Waals surface area contributed by atoms with Crippen LogP contribution in [-0.2, 0) is 4.74 Å². The van der Waals surface area contributed by atoms with Crippen LogP contribution in [0.2, 0.25) is 10.0 Å². The SMILES string of the molecule is O=[N+]([O-])c1ccc2c(c1)[C@@H]1OCC[C@@H]1[C@H](c1ccc(Cl)cc1Cl)N2. The molecule has 24 heavy (non-hydrogen) atoms. The van der Waals surface area contributed by atoms with Crippen molar-refractivity contribution < 1.29 is 9.66 Å². The van der Waals surface area contributed by atoms with Crippen molar-refractivity contribution in [1.82, 2.24) is 0 Å². The number of anilines is 1. The fourth-order valence-electron chi connectivity index (χ4n) is 3.64. The second-order valence-corrected chi connectivity index (χ2v) is 6.90. The van der Waals surface area contributed by atoms with Crippen molar-refractivity contribution in [2.24, 2.45) is 5.92 Å². The maximum Gasteiger partial charge on any atom is 0.269 e. The van der Waals surface area contributed by atoms with Gasteiger partial charge < -0.3 is 10.1 Å². The summed E-state index contributed by atoms with van der Waals surface area (Å²) in [7, 11) is 0. The fourth-order valence-corrected chi connectivity index (χ4v) is 4.16. The Morgan fingerprint density at radius 3 is 2.75 bits per heavy atom. The third kappa shape index (κ3) is 2.53. The third-order valence-electron chi connectivity index (χ3n) is 4.73. The summed E-state index contributed by atoms with van der Waals surface area (Å²) in [5.74, 6) is 0.165. The summed E-state index contributed by atoms with van der Waals surface area (Å²) in [5.41, 5.74) is 2.73. The molecule has 0 radical (unpaired) electrons. The van der Waals surface area contributed by atoms with Crippen molar-refractivity contribution in [2.75, 3.05) is 11.9 Å². The lowest BCUT2D eigenvalue weighted by Crippen LogP contribution is -2.29. The Hall–Kier alpha value is -1.82. The molecular formula is C17H14Cl2N2O3. The Kier molecular flexibility index (Phi) is 3.87. The van der Waals surface area contributed by atoms with Gasteiger partial charge in [-0.2, -0.15) is 0 Å². The van der Waals surface area contributed by atoms with Crippen LogP contribution in [0.25, 0.3) is 0 Å². The Labute approximate surface area is 148 Å². The smallest absolute Gasteiger partial charge is 0.269 e. The van der Waals surface area contributed by atoms with Crippen LogP contribution in [-0.4, -0.2) is 11.5 Å². The standard InChI is InChI=1S/C17H14Cl2N2O3/c18-9-1-3-11(14(19)7-9)16-12-5-6-24-17(12)13-8-10(21(22)23)2-4-15(13)20-16/h1-4,7-8,12,16-17,20H,5-6H2/t12-,16+,17-/m1/s1. The molecule has 2 aromatic carbocycles. The molecule has 0 bridgehead atoms. The van der Waals surface area contributed by atoms with E-state index in [1.54, 1.807) is 18.2 Å². The lowest BCUT2D eigenvalue weighted by Gasteiger charge is -2.36. The van der Waals surface area contributed by atoms with Gasteiger partial charge >= 0.3 is 0 Å². The van der Waals surface area contributed by atoms with E-state index in [2.05, 4.69) is 5.32 Å². The lowest BCUT2D eigenvalue weighted by molar-refractivity contribution is -0.385. The predicted molar refractivity (Wildman–Crippen MR) is 92.7 cm³/mol. The largest absolute Gasteiger partial charge is 0.377 e. The molecule has 0 unspecified atom stereocenters. The van der Waals surface area contributed by atoms with Crippen molar-refractivity contribution in [2.45, 2.75) is 18.6 Å². The second-order valence-electron chi connectivity index (χ2n) is 6.06. The highest BCUT2D eigenvalue weighted by molar-refractivity contribution is 6.35. The van der Waals surface area contributed by atoms with Crippen LogP contribution in [0.5, 0.6) is 0 Å².